The van der Waals surface area contributed by atoms with E-state index in [0.29, 0.717) is 10.9 Å². The van der Waals surface area contributed by atoms with Crippen LogP contribution in [0, 0.1) is 18.6 Å². The molecule has 0 bridgehead atoms. The Morgan fingerprint density at radius 2 is 1.81 bits per heavy atom. The van der Waals surface area contributed by atoms with E-state index in [1.54, 1.807) is 12.1 Å². The van der Waals surface area contributed by atoms with Crippen LogP contribution in [0.5, 0.6) is 0 Å². The van der Waals surface area contributed by atoms with Gasteiger partial charge in [0.1, 0.15) is 10.7 Å². The van der Waals surface area contributed by atoms with Gasteiger partial charge in [-0.2, -0.15) is 0 Å². The van der Waals surface area contributed by atoms with Crippen molar-refractivity contribution >= 4 is 44.2 Å². The van der Waals surface area contributed by atoms with E-state index in [9.17, 15) is 12.8 Å². The Kier molecular flexibility index (Phi) is 5.24. The first-order valence-electron chi connectivity index (χ1n) is 8.96. The molecule has 0 amide bonds. The van der Waals surface area contributed by atoms with Crippen LogP contribution in [0.2, 0.25) is 5.02 Å². The summed E-state index contributed by atoms with van der Waals surface area (Å²) < 4.78 is 57.9. The van der Waals surface area contributed by atoms with Gasteiger partial charge in [-0.05, 0) is 48.4 Å². The average molecular weight is 461 g/mol. The minimum absolute atomic E-state index is 0.0248. The number of benzene rings is 3. The number of halogens is 3. The molecule has 31 heavy (non-hydrogen) atoms. The SMILES string of the molecule is Cc1cc(NS(=O)(=O)c2ccccc2Cl)c(F)c(-c2ccc3nc(N)ncc3c2)c1F. The lowest BCUT2D eigenvalue weighted by molar-refractivity contribution is 0.583. The topological polar surface area (TPSA) is 98.0 Å². The highest BCUT2D eigenvalue weighted by atomic mass is 35.5. The maximum absolute atomic E-state index is 15.4. The third-order valence-corrected chi connectivity index (χ3v) is 6.51. The van der Waals surface area contributed by atoms with E-state index < -0.39 is 27.3 Å². The van der Waals surface area contributed by atoms with Crippen molar-refractivity contribution in [1.29, 1.82) is 0 Å². The number of hydrogen-bond acceptors (Lipinski definition) is 5. The summed E-state index contributed by atoms with van der Waals surface area (Å²) in [5.74, 6) is -1.80. The lowest BCUT2D eigenvalue weighted by Crippen LogP contribution is -2.15. The van der Waals surface area contributed by atoms with Crippen molar-refractivity contribution in [2.24, 2.45) is 0 Å². The maximum atomic E-state index is 15.4. The number of fused-ring (bicyclic) bond motifs is 1. The molecule has 0 atom stereocenters. The molecular formula is C21H15ClF2N4O2S. The third kappa shape index (κ3) is 3.89. The molecule has 158 valence electrons. The van der Waals surface area contributed by atoms with Crippen molar-refractivity contribution in [1.82, 2.24) is 9.97 Å². The summed E-state index contributed by atoms with van der Waals surface area (Å²) in [6, 6.07) is 11.4. The molecule has 0 aliphatic carbocycles. The first-order valence-corrected chi connectivity index (χ1v) is 10.8. The second kappa shape index (κ2) is 7.75. The van der Waals surface area contributed by atoms with Gasteiger partial charge in [-0.25, -0.2) is 27.2 Å². The molecule has 0 saturated carbocycles. The first kappa shape index (κ1) is 21.0. The maximum Gasteiger partial charge on any atom is 0.263 e. The summed E-state index contributed by atoms with van der Waals surface area (Å²) >= 11 is 5.97. The van der Waals surface area contributed by atoms with Crippen LogP contribution in [0.25, 0.3) is 22.0 Å². The van der Waals surface area contributed by atoms with Crippen molar-refractivity contribution in [3.05, 3.63) is 76.9 Å². The van der Waals surface area contributed by atoms with E-state index in [-0.39, 0.29) is 32.6 Å². The van der Waals surface area contributed by atoms with E-state index in [4.69, 9.17) is 17.3 Å². The normalized spacial score (nSPS) is 11.6. The number of sulfonamides is 1. The molecule has 1 heterocycles. The fourth-order valence-corrected chi connectivity index (χ4v) is 4.74. The number of aryl methyl sites for hydroxylation is 1. The predicted molar refractivity (Wildman–Crippen MR) is 116 cm³/mol. The van der Waals surface area contributed by atoms with E-state index >= 15 is 4.39 Å². The average Bonchev–Trinajstić information content (AvgIpc) is 2.72. The van der Waals surface area contributed by atoms with Gasteiger partial charge in [-0.1, -0.05) is 29.8 Å². The molecule has 0 aliphatic heterocycles. The van der Waals surface area contributed by atoms with Crippen LogP contribution >= 0.6 is 11.6 Å². The number of anilines is 2. The zero-order valence-electron chi connectivity index (χ0n) is 16.0. The van der Waals surface area contributed by atoms with Crippen molar-refractivity contribution in [3.8, 4) is 11.1 Å². The van der Waals surface area contributed by atoms with Crippen LogP contribution in [-0.4, -0.2) is 18.4 Å². The molecule has 3 N–H and O–H groups in total. The zero-order chi connectivity index (χ0) is 22.3. The molecular weight excluding hydrogens is 446 g/mol. The Bertz CT molecular complexity index is 1450. The number of nitrogens with one attached hydrogen (secondary N) is 1. The second-order valence-electron chi connectivity index (χ2n) is 6.78. The Labute approximate surface area is 181 Å². The number of nitrogen functional groups attached to an aromatic ring is 1. The fraction of sp³-hybridized carbons (Fsp3) is 0.0476. The Morgan fingerprint density at radius 3 is 2.55 bits per heavy atom. The molecule has 4 aromatic rings. The molecule has 1 aromatic heterocycles. The fourth-order valence-electron chi connectivity index (χ4n) is 3.16. The molecule has 0 unspecified atom stereocenters. The molecule has 10 heteroatoms. The number of nitrogens with two attached hydrogens (primary N) is 1. The second-order valence-corrected chi connectivity index (χ2v) is 8.84. The molecule has 0 saturated heterocycles. The van der Waals surface area contributed by atoms with Gasteiger partial charge in [0.25, 0.3) is 10.0 Å². The highest BCUT2D eigenvalue weighted by Gasteiger charge is 2.24. The van der Waals surface area contributed by atoms with Crippen LogP contribution in [-0.2, 0) is 10.0 Å². The monoisotopic (exact) mass is 460 g/mol. The van der Waals surface area contributed by atoms with Gasteiger partial charge in [0.05, 0.1) is 21.8 Å². The van der Waals surface area contributed by atoms with Crippen molar-refractivity contribution in [2.75, 3.05) is 10.5 Å². The molecule has 6 nitrogen and oxygen atoms in total. The smallest absolute Gasteiger partial charge is 0.263 e. The van der Waals surface area contributed by atoms with Crippen LogP contribution in [0.4, 0.5) is 20.4 Å². The van der Waals surface area contributed by atoms with E-state index in [1.165, 1.54) is 43.5 Å². The van der Waals surface area contributed by atoms with Crippen LogP contribution in [0.15, 0.2) is 59.6 Å². The molecule has 0 spiro atoms. The van der Waals surface area contributed by atoms with E-state index in [2.05, 4.69) is 14.7 Å². The molecule has 3 aromatic carbocycles. The van der Waals surface area contributed by atoms with E-state index in [1.807, 2.05) is 0 Å². The highest BCUT2D eigenvalue weighted by molar-refractivity contribution is 7.92. The van der Waals surface area contributed by atoms with Crippen LogP contribution in [0.1, 0.15) is 5.56 Å². The highest BCUT2D eigenvalue weighted by Crippen LogP contribution is 2.35. The minimum atomic E-state index is -4.21. The summed E-state index contributed by atoms with van der Waals surface area (Å²) in [6.07, 6.45) is 1.44. The Morgan fingerprint density at radius 1 is 1.06 bits per heavy atom. The standard InChI is InChI=1S/C21H15ClF2N4O2S/c1-11-8-16(28-31(29,30)17-5-3-2-4-14(17)22)20(24)18(19(11)23)12-6-7-15-13(9-12)10-26-21(25)27-15/h2-10,28H,1H3,(H2,25,26,27). The van der Waals surface area contributed by atoms with Gasteiger partial charge < -0.3 is 5.73 Å². The Hall–Kier alpha value is -3.30. The Balaban J connectivity index is 1.85. The van der Waals surface area contributed by atoms with Crippen LogP contribution < -0.4 is 10.5 Å². The first-order chi connectivity index (χ1) is 14.7. The number of rotatable bonds is 4. The van der Waals surface area contributed by atoms with Gasteiger partial charge in [0, 0.05) is 11.6 Å². The summed E-state index contributed by atoms with van der Waals surface area (Å²) in [6.45, 7) is 1.41. The predicted octanol–water partition coefficient (Wildman–Crippen LogP) is 4.92. The summed E-state index contributed by atoms with van der Waals surface area (Å²) in [7, 11) is -4.21. The number of aromatic nitrogens is 2. The van der Waals surface area contributed by atoms with Gasteiger partial charge in [0.15, 0.2) is 5.82 Å². The lowest BCUT2D eigenvalue weighted by Gasteiger charge is -2.15. The molecule has 4 rings (SSSR count). The minimum Gasteiger partial charge on any atom is -0.368 e. The van der Waals surface area contributed by atoms with Crippen LogP contribution in [0.3, 0.4) is 0 Å². The molecule has 0 radical (unpaired) electrons. The largest absolute Gasteiger partial charge is 0.368 e. The van der Waals surface area contributed by atoms with Crippen molar-refractivity contribution in [3.63, 3.8) is 0 Å². The molecule has 0 aliphatic rings. The van der Waals surface area contributed by atoms with Crippen molar-refractivity contribution < 1.29 is 17.2 Å². The summed E-state index contributed by atoms with van der Waals surface area (Å²) in [5, 5.41) is 0.494. The number of hydrogen-bond donors (Lipinski definition) is 2. The van der Waals surface area contributed by atoms with Gasteiger partial charge >= 0.3 is 0 Å². The van der Waals surface area contributed by atoms with Gasteiger partial charge in [-0.15, -0.1) is 0 Å². The lowest BCUT2D eigenvalue weighted by atomic mass is 9.99. The van der Waals surface area contributed by atoms with Crippen molar-refractivity contribution in [2.45, 2.75) is 11.8 Å². The quantitative estimate of drug-likeness (QED) is 0.450. The summed E-state index contributed by atoms with van der Waals surface area (Å²) in [4.78, 5) is 7.72. The van der Waals surface area contributed by atoms with E-state index in [0.717, 1.165) is 6.07 Å². The van der Waals surface area contributed by atoms with Gasteiger partial charge in [0.2, 0.25) is 5.95 Å². The summed E-state index contributed by atoms with van der Waals surface area (Å²) in [5.41, 5.74) is 5.54. The third-order valence-electron chi connectivity index (χ3n) is 4.64. The zero-order valence-corrected chi connectivity index (χ0v) is 17.6. The van der Waals surface area contributed by atoms with Gasteiger partial charge in [-0.3, -0.25) is 4.72 Å². The molecule has 0 fully saturated rings. The number of nitrogens with zero attached hydrogens (tertiary/aromatic N) is 2.